The van der Waals surface area contributed by atoms with Crippen molar-refractivity contribution in [3.05, 3.63) is 0 Å². The van der Waals surface area contributed by atoms with Crippen molar-refractivity contribution in [3.8, 4) is 0 Å². The number of aliphatic hydroxyl groups excluding tert-OH is 1. The van der Waals surface area contributed by atoms with Gasteiger partial charge in [-0.05, 0) is 111 Å². The summed E-state index contributed by atoms with van der Waals surface area (Å²) in [5.74, 6) is 5.35. The lowest BCUT2D eigenvalue weighted by molar-refractivity contribution is -0.115. The van der Waals surface area contributed by atoms with Crippen molar-refractivity contribution in [2.75, 3.05) is 0 Å². The third-order valence-electron chi connectivity index (χ3n) is 10.2. The van der Waals surface area contributed by atoms with Crippen LogP contribution in [-0.4, -0.2) is 16.5 Å². The average Bonchev–Trinajstić information content (AvgIpc) is 2.96. The second kappa shape index (κ2) is 7.07. The van der Waals surface area contributed by atoms with Crippen molar-refractivity contribution < 1.29 is 10.2 Å². The smallest absolute Gasteiger partial charge is 0.151 e. The number of aliphatic hydroxyl groups is 2. The maximum Gasteiger partial charge on any atom is 0.151 e. The molecular formula is C24H42O2. The Morgan fingerprint density at radius 2 is 1.58 bits per heavy atom. The summed E-state index contributed by atoms with van der Waals surface area (Å²) < 4.78 is 0. The second-order valence-electron chi connectivity index (χ2n) is 11.2. The van der Waals surface area contributed by atoms with E-state index >= 15 is 0 Å². The molecule has 0 aromatic heterocycles. The van der Waals surface area contributed by atoms with E-state index in [1.807, 2.05) is 0 Å². The molecule has 0 spiro atoms. The van der Waals surface area contributed by atoms with Crippen molar-refractivity contribution >= 4 is 0 Å². The fraction of sp³-hybridized carbons (Fsp3) is 1.00. The van der Waals surface area contributed by atoms with Gasteiger partial charge in [-0.15, -0.1) is 0 Å². The van der Waals surface area contributed by atoms with Gasteiger partial charge >= 0.3 is 0 Å². The molecule has 2 unspecified atom stereocenters. The Labute approximate surface area is 161 Å². The van der Waals surface area contributed by atoms with Crippen molar-refractivity contribution in [1.82, 2.24) is 0 Å². The third kappa shape index (κ3) is 2.98. The van der Waals surface area contributed by atoms with Crippen molar-refractivity contribution in [2.45, 2.75) is 104 Å². The van der Waals surface area contributed by atoms with Crippen LogP contribution in [0, 0.1) is 46.3 Å². The lowest BCUT2D eigenvalue weighted by Gasteiger charge is -2.61. The van der Waals surface area contributed by atoms with E-state index < -0.39 is 6.29 Å². The summed E-state index contributed by atoms with van der Waals surface area (Å²) in [6.45, 7) is 7.67. The topological polar surface area (TPSA) is 40.5 Å². The maximum absolute atomic E-state index is 9.29. The molecule has 0 heterocycles. The summed E-state index contributed by atoms with van der Waals surface area (Å²) in [5, 5.41) is 18.6. The van der Waals surface area contributed by atoms with Crippen LogP contribution >= 0.6 is 0 Å². The van der Waals surface area contributed by atoms with Gasteiger partial charge in [-0.2, -0.15) is 0 Å². The Morgan fingerprint density at radius 3 is 2.35 bits per heavy atom. The predicted octanol–water partition coefficient (Wildman–Crippen LogP) is 5.76. The fourth-order valence-electron chi connectivity index (χ4n) is 8.88. The molecule has 0 bridgehead atoms. The van der Waals surface area contributed by atoms with Crippen LogP contribution in [0.5, 0.6) is 0 Å². The summed E-state index contributed by atoms with van der Waals surface area (Å²) in [6.07, 6.45) is 15.1. The first-order valence-electron chi connectivity index (χ1n) is 11.7. The van der Waals surface area contributed by atoms with E-state index in [4.69, 9.17) is 0 Å². The van der Waals surface area contributed by atoms with Crippen LogP contribution < -0.4 is 0 Å². The van der Waals surface area contributed by atoms with Gasteiger partial charge in [0.15, 0.2) is 6.29 Å². The molecule has 4 fully saturated rings. The number of hydrogen-bond donors (Lipinski definition) is 2. The minimum absolute atomic E-state index is 0.513. The van der Waals surface area contributed by atoms with Gasteiger partial charge in [0.1, 0.15) is 0 Å². The fourth-order valence-corrected chi connectivity index (χ4v) is 8.88. The Bertz CT molecular complexity index is 502. The quantitative estimate of drug-likeness (QED) is 0.624. The zero-order valence-corrected chi connectivity index (χ0v) is 17.4. The van der Waals surface area contributed by atoms with E-state index in [1.165, 1.54) is 64.2 Å². The third-order valence-corrected chi connectivity index (χ3v) is 10.2. The van der Waals surface area contributed by atoms with E-state index in [-0.39, 0.29) is 0 Å². The van der Waals surface area contributed by atoms with Gasteiger partial charge in [0.2, 0.25) is 0 Å². The van der Waals surface area contributed by atoms with Crippen LogP contribution in [0.4, 0.5) is 0 Å². The van der Waals surface area contributed by atoms with Gasteiger partial charge < -0.3 is 10.2 Å². The van der Waals surface area contributed by atoms with E-state index in [0.29, 0.717) is 23.2 Å². The Kier molecular flexibility index (Phi) is 5.23. The summed E-state index contributed by atoms with van der Waals surface area (Å²) >= 11 is 0. The summed E-state index contributed by atoms with van der Waals surface area (Å²) in [6, 6.07) is 0. The van der Waals surface area contributed by atoms with Crippen molar-refractivity contribution in [2.24, 2.45) is 46.3 Å². The summed E-state index contributed by atoms with van der Waals surface area (Å²) in [4.78, 5) is 0. The van der Waals surface area contributed by atoms with Gasteiger partial charge in [-0.3, -0.25) is 0 Å². The molecule has 2 nitrogen and oxygen atoms in total. The minimum Gasteiger partial charge on any atom is -0.368 e. The largest absolute Gasteiger partial charge is 0.368 e. The lowest BCUT2D eigenvalue weighted by atomic mass is 9.44. The van der Waals surface area contributed by atoms with Crippen LogP contribution in [0.25, 0.3) is 0 Å². The van der Waals surface area contributed by atoms with E-state index in [1.54, 1.807) is 0 Å². The molecule has 8 atom stereocenters. The highest BCUT2D eigenvalue weighted by Crippen LogP contribution is 2.68. The highest BCUT2D eigenvalue weighted by atomic mass is 16.5. The minimum atomic E-state index is -1.13. The molecule has 2 N–H and O–H groups in total. The van der Waals surface area contributed by atoms with Gasteiger partial charge in [0.05, 0.1) is 0 Å². The van der Waals surface area contributed by atoms with E-state index in [0.717, 1.165) is 36.0 Å². The summed E-state index contributed by atoms with van der Waals surface area (Å²) in [7, 11) is 0. The van der Waals surface area contributed by atoms with Gasteiger partial charge in [0.25, 0.3) is 0 Å². The first kappa shape index (κ1) is 19.2. The van der Waals surface area contributed by atoms with Gasteiger partial charge in [-0.25, -0.2) is 0 Å². The van der Waals surface area contributed by atoms with Crippen molar-refractivity contribution in [1.29, 1.82) is 0 Å². The standard InChI is InChI=1S/C24H42O2/c1-16(7-12-22(25)26)19-10-11-20-18-9-8-17-6-4-5-14-23(17,2)21(18)13-15-24(19,20)3/h16-22,25-26H,4-15H2,1-3H3/t16?,17?,18-,19+,20-,21-,23-,24+/m0/s1. The molecule has 4 aliphatic carbocycles. The highest BCUT2D eigenvalue weighted by molar-refractivity contribution is 5.09. The predicted molar refractivity (Wildman–Crippen MR) is 106 cm³/mol. The molecule has 26 heavy (non-hydrogen) atoms. The van der Waals surface area contributed by atoms with Gasteiger partial charge in [0, 0.05) is 0 Å². The SMILES string of the molecule is CC(CCC(O)O)[C@H]1CC[C@H]2[C@@H]3CCC4CCCC[C@]4(C)[C@H]3CC[C@]12C. The van der Waals surface area contributed by atoms with Gasteiger partial charge in [-0.1, -0.05) is 33.6 Å². The van der Waals surface area contributed by atoms with Crippen LogP contribution in [0.1, 0.15) is 97.8 Å². The first-order chi connectivity index (χ1) is 12.4. The molecule has 0 aromatic rings. The van der Waals surface area contributed by atoms with Crippen LogP contribution in [0.3, 0.4) is 0 Å². The monoisotopic (exact) mass is 362 g/mol. The Morgan fingerprint density at radius 1 is 0.808 bits per heavy atom. The molecule has 2 heteroatoms. The molecule has 150 valence electrons. The van der Waals surface area contributed by atoms with Crippen molar-refractivity contribution in [3.63, 3.8) is 0 Å². The maximum atomic E-state index is 9.29. The van der Waals surface area contributed by atoms with E-state index in [9.17, 15) is 10.2 Å². The molecule has 4 saturated carbocycles. The molecular weight excluding hydrogens is 320 g/mol. The zero-order chi connectivity index (χ0) is 18.5. The summed E-state index contributed by atoms with van der Waals surface area (Å²) in [5.41, 5.74) is 1.16. The normalized spacial score (nSPS) is 49.4. The average molecular weight is 363 g/mol. The van der Waals surface area contributed by atoms with E-state index in [2.05, 4.69) is 20.8 Å². The Hall–Kier alpha value is -0.0800. The van der Waals surface area contributed by atoms with Crippen LogP contribution in [0.2, 0.25) is 0 Å². The lowest BCUT2D eigenvalue weighted by Crippen LogP contribution is -2.53. The molecule has 0 aliphatic heterocycles. The second-order valence-corrected chi connectivity index (χ2v) is 11.2. The zero-order valence-electron chi connectivity index (χ0n) is 17.4. The molecule has 4 aliphatic rings. The molecule has 0 amide bonds. The van der Waals surface area contributed by atoms with Crippen LogP contribution in [0.15, 0.2) is 0 Å². The number of hydrogen-bond acceptors (Lipinski definition) is 2. The molecule has 0 aromatic carbocycles. The molecule has 0 radical (unpaired) electrons. The van der Waals surface area contributed by atoms with Crippen LogP contribution in [-0.2, 0) is 0 Å². The number of fused-ring (bicyclic) bond motifs is 5. The highest BCUT2D eigenvalue weighted by Gasteiger charge is 2.60. The molecule has 0 saturated heterocycles. The first-order valence-corrected chi connectivity index (χ1v) is 11.7. The number of rotatable bonds is 4. The molecule has 4 rings (SSSR count). The Balaban J connectivity index is 1.51.